The number of carboxylic acids is 1. The number of nitrogens with zero attached hydrogens (tertiary/aromatic N) is 2. The van der Waals surface area contributed by atoms with E-state index in [2.05, 4.69) is 15.3 Å². The zero-order valence-corrected chi connectivity index (χ0v) is 11.7. The van der Waals surface area contributed by atoms with E-state index in [0.717, 1.165) is 29.5 Å². The van der Waals surface area contributed by atoms with Gasteiger partial charge in [0.05, 0.1) is 23.5 Å². The van der Waals surface area contributed by atoms with E-state index in [4.69, 9.17) is 0 Å². The van der Waals surface area contributed by atoms with Crippen molar-refractivity contribution in [3.8, 4) is 0 Å². The van der Waals surface area contributed by atoms with Gasteiger partial charge in [-0.05, 0) is 31.7 Å². The molecule has 2 aromatic rings. The van der Waals surface area contributed by atoms with Gasteiger partial charge >= 0.3 is 0 Å². The molecule has 0 fully saturated rings. The highest BCUT2D eigenvalue weighted by atomic mass is 32.1. The van der Waals surface area contributed by atoms with Crippen LogP contribution in [-0.4, -0.2) is 33.2 Å². The van der Waals surface area contributed by atoms with E-state index < -0.39 is 18.1 Å². The molecule has 20 heavy (non-hydrogen) atoms. The largest absolute Gasteiger partial charge is 0.548 e. The first kappa shape index (κ1) is 13.3. The molecule has 2 heterocycles. The van der Waals surface area contributed by atoms with Crippen LogP contribution in [-0.2, 0) is 17.6 Å². The van der Waals surface area contributed by atoms with Crippen LogP contribution in [0.2, 0.25) is 0 Å². The predicted octanol–water partition coefficient (Wildman–Crippen LogP) is 0.0912. The maximum absolute atomic E-state index is 11.1. The van der Waals surface area contributed by atoms with Crippen molar-refractivity contribution < 1.29 is 15.0 Å². The van der Waals surface area contributed by atoms with Crippen LogP contribution in [0.3, 0.4) is 0 Å². The number of nitrogens with one attached hydrogen (secondary N) is 1. The number of aliphatic hydroxyl groups excluding tert-OH is 1. The summed E-state index contributed by atoms with van der Waals surface area (Å²) < 4.78 is 0. The van der Waals surface area contributed by atoms with Gasteiger partial charge < -0.3 is 20.3 Å². The molecule has 106 valence electrons. The van der Waals surface area contributed by atoms with Crippen LogP contribution in [0.25, 0.3) is 10.2 Å². The number of hydrogen-bond acceptors (Lipinski definition) is 7. The zero-order chi connectivity index (χ0) is 14.3. The summed E-state index contributed by atoms with van der Waals surface area (Å²) in [5.74, 6) is -0.886. The number of carbonyl (C=O) groups is 1. The molecule has 0 unspecified atom stereocenters. The molecular weight excluding hydrogens is 278 g/mol. The fourth-order valence-corrected chi connectivity index (χ4v) is 3.79. The van der Waals surface area contributed by atoms with Crippen molar-refractivity contribution in [3.05, 3.63) is 16.8 Å². The fourth-order valence-electron chi connectivity index (χ4n) is 2.56. The Balaban J connectivity index is 2.05. The molecule has 0 saturated heterocycles. The molecule has 3 rings (SSSR count). The van der Waals surface area contributed by atoms with E-state index in [-0.39, 0.29) is 0 Å². The van der Waals surface area contributed by atoms with Gasteiger partial charge in [-0.25, -0.2) is 9.97 Å². The lowest BCUT2D eigenvalue weighted by Crippen LogP contribution is -2.47. The van der Waals surface area contributed by atoms with Crippen molar-refractivity contribution in [1.29, 1.82) is 0 Å². The molecule has 0 aliphatic heterocycles. The predicted molar refractivity (Wildman–Crippen MR) is 73.5 cm³/mol. The molecule has 0 radical (unpaired) electrons. The van der Waals surface area contributed by atoms with E-state index in [0.29, 0.717) is 5.82 Å². The van der Waals surface area contributed by atoms with Gasteiger partial charge in [-0.3, -0.25) is 0 Å². The summed E-state index contributed by atoms with van der Waals surface area (Å²) in [6.07, 6.45) is 3.44. The summed E-state index contributed by atoms with van der Waals surface area (Å²) in [6, 6.07) is -1.19. The van der Waals surface area contributed by atoms with E-state index in [1.54, 1.807) is 11.3 Å². The molecule has 0 aromatic carbocycles. The summed E-state index contributed by atoms with van der Waals surface area (Å²) in [7, 11) is 0. The molecule has 2 aromatic heterocycles. The molecule has 0 spiro atoms. The van der Waals surface area contributed by atoms with Crippen molar-refractivity contribution >= 4 is 33.3 Å². The third kappa shape index (κ3) is 2.12. The Morgan fingerprint density at radius 1 is 1.50 bits per heavy atom. The van der Waals surface area contributed by atoms with Crippen molar-refractivity contribution in [2.75, 3.05) is 5.32 Å². The minimum atomic E-state index is -1.35. The second-order valence-corrected chi connectivity index (χ2v) is 6.03. The number of aliphatic carboxylic acids is 1. The van der Waals surface area contributed by atoms with E-state index in [1.165, 1.54) is 23.7 Å². The van der Waals surface area contributed by atoms with Crippen LogP contribution in [0.4, 0.5) is 5.82 Å². The lowest BCUT2D eigenvalue weighted by Gasteiger charge is -2.23. The first-order valence-electron chi connectivity index (χ1n) is 6.48. The average molecular weight is 292 g/mol. The quantitative estimate of drug-likeness (QED) is 0.829. The molecule has 7 heteroatoms. The van der Waals surface area contributed by atoms with Crippen molar-refractivity contribution in [2.45, 2.75) is 38.3 Å². The monoisotopic (exact) mass is 292 g/mol. The van der Waals surface area contributed by atoms with Gasteiger partial charge in [0, 0.05) is 4.88 Å². The molecule has 1 aliphatic rings. The summed E-state index contributed by atoms with van der Waals surface area (Å²) in [5.41, 5.74) is 1.20. The number of aryl methyl sites for hydroxylation is 2. The van der Waals surface area contributed by atoms with E-state index in [1.807, 2.05) is 0 Å². The number of carboxylic acid groups (broad SMARTS) is 1. The van der Waals surface area contributed by atoms with Crippen LogP contribution < -0.4 is 10.4 Å². The number of fused-ring (bicyclic) bond motifs is 3. The maximum atomic E-state index is 11.1. The number of aliphatic hydroxyl groups is 1. The first-order valence-corrected chi connectivity index (χ1v) is 7.30. The zero-order valence-electron chi connectivity index (χ0n) is 10.9. The minimum absolute atomic E-state index is 0.463. The van der Waals surface area contributed by atoms with Gasteiger partial charge in [0.2, 0.25) is 0 Å². The van der Waals surface area contributed by atoms with Crippen LogP contribution in [0.5, 0.6) is 0 Å². The third-order valence-electron chi connectivity index (χ3n) is 3.53. The van der Waals surface area contributed by atoms with Crippen molar-refractivity contribution in [2.24, 2.45) is 0 Å². The van der Waals surface area contributed by atoms with Gasteiger partial charge in [0.1, 0.15) is 17.0 Å². The van der Waals surface area contributed by atoms with Crippen molar-refractivity contribution in [1.82, 2.24) is 9.97 Å². The second-order valence-electron chi connectivity index (χ2n) is 4.94. The van der Waals surface area contributed by atoms with Gasteiger partial charge in [-0.2, -0.15) is 0 Å². The summed E-state index contributed by atoms with van der Waals surface area (Å²) in [5, 5.41) is 24.3. The normalized spacial score (nSPS) is 16.9. The molecule has 6 nitrogen and oxygen atoms in total. The van der Waals surface area contributed by atoms with Gasteiger partial charge in [-0.15, -0.1) is 11.3 Å². The Kier molecular flexibility index (Phi) is 3.31. The van der Waals surface area contributed by atoms with Crippen LogP contribution >= 0.6 is 11.3 Å². The summed E-state index contributed by atoms with van der Waals surface area (Å²) >= 11 is 1.63. The minimum Gasteiger partial charge on any atom is -0.548 e. The number of rotatable bonds is 4. The molecule has 2 N–H and O–H groups in total. The van der Waals surface area contributed by atoms with Crippen LogP contribution in [0, 0.1) is 0 Å². The van der Waals surface area contributed by atoms with Gasteiger partial charge in [0.15, 0.2) is 0 Å². The number of aromatic nitrogens is 2. The van der Waals surface area contributed by atoms with Crippen LogP contribution in [0.1, 0.15) is 23.8 Å². The highest BCUT2D eigenvalue weighted by Crippen LogP contribution is 2.39. The standard InChI is InChI=1S/C13H15N3O3S/c1-6(17)10(13(18)19)16-11-9-7-3-2-4-8(7)20-12(9)15-5-14-11/h5-6,10,17H,2-4H2,1H3,(H,18,19)(H,14,15,16)/p-1/t6-,10+/m1/s1. The summed E-state index contributed by atoms with van der Waals surface area (Å²) in [6.45, 7) is 1.41. The van der Waals surface area contributed by atoms with Gasteiger partial charge in [-0.1, -0.05) is 0 Å². The fraction of sp³-hybridized carbons (Fsp3) is 0.462. The maximum Gasteiger partial charge on any atom is 0.139 e. The third-order valence-corrected chi connectivity index (χ3v) is 4.73. The Morgan fingerprint density at radius 2 is 2.30 bits per heavy atom. The Hall–Kier alpha value is -1.73. The number of thiophene rings is 1. The smallest absolute Gasteiger partial charge is 0.139 e. The summed E-state index contributed by atoms with van der Waals surface area (Å²) in [4.78, 5) is 21.6. The lowest BCUT2D eigenvalue weighted by molar-refractivity contribution is -0.308. The molecule has 0 amide bonds. The second kappa shape index (κ2) is 4.99. The van der Waals surface area contributed by atoms with Crippen LogP contribution in [0.15, 0.2) is 6.33 Å². The SMILES string of the molecule is C[C@@H](O)[C@H](Nc1ncnc2sc3c(c12)CCC3)C(=O)[O-]. The Morgan fingerprint density at radius 3 is 3.00 bits per heavy atom. The van der Waals surface area contributed by atoms with Crippen molar-refractivity contribution in [3.63, 3.8) is 0 Å². The number of hydrogen-bond donors (Lipinski definition) is 2. The molecular formula is C13H14N3O3S-. The topological polar surface area (TPSA) is 98.2 Å². The Bertz CT molecular complexity index is 668. The highest BCUT2D eigenvalue weighted by Gasteiger charge is 2.23. The molecule has 0 saturated carbocycles. The van der Waals surface area contributed by atoms with E-state index in [9.17, 15) is 15.0 Å². The van der Waals surface area contributed by atoms with Gasteiger partial charge in [0.25, 0.3) is 0 Å². The van der Waals surface area contributed by atoms with E-state index >= 15 is 0 Å². The lowest BCUT2D eigenvalue weighted by atomic mass is 10.1. The molecule has 0 bridgehead atoms. The first-order chi connectivity index (χ1) is 9.58. The highest BCUT2D eigenvalue weighted by molar-refractivity contribution is 7.19. The average Bonchev–Trinajstić information content (AvgIpc) is 2.94. The molecule has 1 aliphatic carbocycles. The number of carbonyl (C=O) groups excluding carboxylic acids is 1. The molecule has 2 atom stereocenters. The number of anilines is 1. The Labute approximate surface area is 119 Å².